The summed E-state index contributed by atoms with van der Waals surface area (Å²) in [4.78, 5) is 29.5. The molecular weight excluding hydrogens is 384 g/mol. The molecule has 27 heavy (non-hydrogen) atoms. The van der Waals surface area contributed by atoms with Crippen LogP contribution in [0.3, 0.4) is 0 Å². The van der Waals surface area contributed by atoms with Gasteiger partial charge in [-0.3, -0.25) is 19.5 Å². The van der Waals surface area contributed by atoms with E-state index in [0.29, 0.717) is 17.4 Å². The van der Waals surface area contributed by atoms with Crippen LogP contribution in [0.2, 0.25) is 5.02 Å². The minimum Gasteiger partial charge on any atom is -0.489 e. The summed E-state index contributed by atoms with van der Waals surface area (Å²) in [5.74, 6) is 0.467. The van der Waals surface area contributed by atoms with Crippen LogP contribution in [0.4, 0.5) is 4.79 Å². The molecule has 1 atom stereocenters. The van der Waals surface area contributed by atoms with E-state index in [-0.39, 0.29) is 11.1 Å². The minimum absolute atomic E-state index is 0.217. The number of nitrogens with zero attached hydrogens (tertiary/aromatic N) is 2. The zero-order valence-electron chi connectivity index (χ0n) is 14.4. The van der Waals surface area contributed by atoms with Crippen molar-refractivity contribution in [3.8, 4) is 5.75 Å². The van der Waals surface area contributed by atoms with E-state index in [2.05, 4.69) is 4.98 Å². The van der Waals surface area contributed by atoms with E-state index in [1.165, 1.54) is 7.05 Å². The van der Waals surface area contributed by atoms with Gasteiger partial charge in [0.05, 0.1) is 5.52 Å². The first kappa shape index (κ1) is 17.8. The molecule has 4 rings (SSSR count). The van der Waals surface area contributed by atoms with Crippen molar-refractivity contribution in [1.82, 2.24) is 9.88 Å². The summed E-state index contributed by atoms with van der Waals surface area (Å²) in [6.07, 6.45) is 1.64. The van der Waals surface area contributed by atoms with Gasteiger partial charge in [0, 0.05) is 35.3 Å². The number of hydrogen-bond acceptors (Lipinski definition) is 5. The number of amides is 2. The standard InChI is InChI=1S/C20H15ClN2O3S/c1-23-19(24)18(27-20(23)25)14-8-12-6-7-15(9-17(12)22-10-14)26-11-13-4-2-3-5-16(13)21/h2-10,18H,11H2,1H3. The molecule has 0 bridgehead atoms. The van der Waals surface area contributed by atoms with Crippen molar-refractivity contribution < 1.29 is 14.3 Å². The number of rotatable bonds is 4. The Bertz CT molecular complexity index is 1060. The fraction of sp³-hybridized carbons (Fsp3) is 0.150. The summed E-state index contributed by atoms with van der Waals surface area (Å²) < 4.78 is 5.82. The number of hydrogen-bond donors (Lipinski definition) is 0. The lowest BCUT2D eigenvalue weighted by atomic mass is 10.1. The maximum atomic E-state index is 12.2. The third-order valence-corrected chi connectivity index (χ3v) is 5.93. The third-order valence-electron chi connectivity index (χ3n) is 4.38. The monoisotopic (exact) mass is 398 g/mol. The Labute approximate surface area is 165 Å². The zero-order chi connectivity index (χ0) is 19.0. The van der Waals surface area contributed by atoms with Gasteiger partial charge in [0.25, 0.3) is 5.24 Å². The predicted octanol–water partition coefficient (Wildman–Crippen LogP) is 4.83. The molecule has 1 aromatic heterocycles. The molecule has 5 nitrogen and oxygen atoms in total. The first-order valence-electron chi connectivity index (χ1n) is 8.27. The molecule has 136 valence electrons. The number of thioether (sulfide) groups is 1. The average molecular weight is 399 g/mol. The molecule has 1 aliphatic heterocycles. The van der Waals surface area contributed by atoms with Crippen LogP contribution in [-0.4, -0.2) is 28.1 Å². The number of fused-ring (bicyclic) bond motifs is 1. The van der Waals surface area contributed by atoms with Crippen molar-refractivity contribution in [3.05, 3.63) is 70.9 Å². The van der Waals surface area contributed by atoms with E-state index in [9.17, 15) is 9.59 Å². The smallest absolute Gasteiger partial charge is 0.289 e. The Morgan fingerprint density at radius 1 is 1.19 bits per heavy atom. The molecule has 1 saturated heterocycles. The van der Waals surface area contributed by atoms with Crippen LogP contribution in [0.1, 0.15) is 16.4 Å². The van der Waals surface area contributed by atoms with Gasteiger partial charge < -0.3 is 4.74 Å². The van der Waals surface area contributed by atoms with E-state index >= 15 is 0 Å². The quantitative estimate of drug-likeness (QED) is 0.629. The normalized spacial score (nSPS) is 17.0. The van der Waals surface area contributed by atoms with Gasteiger partial charge in [0.1, 0.15) is 17.6 Å². The lowest BCUT2D eigenvalue weighted by molar-refractivity contribution is -0.125. The molecule has 3 aromatic rings. The summed E-state index contributed by atoms with van der Waals surface area (Å²) >= 11 is 7.16. The van der Waals surface area contributed by atoms with Crippen LogP contribution in [0.15, 0.2) is 54.7 Å². The van der Waals surface area contributed by atoms with Gasteiger partial charge in [-0.05, 0) is 41.6 Å². The van der Waals surface area contributed by atoms with E-state index in [1.54, 1.807) is 6.20 Å². The van der Waals surface area contributed by atoms with Crippen molar-refractivity contribution in [2.45, 2.75) is 11.9 Å². The number of carbonyl (C=O) groups excluding carboxylic acids is 2. The number of likely N-dealkylation sites (N-methyl/N-ethyl adjacent to an activating group) is 1. The Morgan fingerprint density at radius 2 is 2.00 bits per heavy atom. The molecule has 1 aliphatic rings. The fourth-order valence-corrected chi connectivity index (χ4v) is 4.00. The summed E-state index contributed by atoms with van der Waals surface area (Å²) in [7, 11) is 1.49. The molecule has 0 saturated carbocycles. The molecule has 0 aliphatic carbocycles. The van der Waals surface area contributed by atoms with Gasteiger partial charge in [-0.15, -0.1) is 0 Å². The van der Waals surface area contributed by atoms with Gasteiger partial charge >= 0.3 is 0 Å². The lowest BCUT2D eigenvalue weighted by Gasteiger charge is -2.10. The van der Waals surface area contributed by atoms with Gasteiger partial charge in [-0.25, -0.2) is 0 Å². The van der Waals surface area contributed by atoms with E-state index in [0.717, 1.165) is 38.7 Å². The highest BCUT2D eigenvalue weighted by Crippen LogP contribution is 2.39. The molecule has 1 fully saturated rings. The van der Waals surface area contributed by atoms with Crippen LogP contribution in [-0.2, 0) is 11.4 Å². The maximum Gasteiger partial charge on any atom is 0.289 e. The van der Waals surface area contributed by atoms with Crippen LogP contribution in [0.5, 0.6) is 5.75 Å². The van der Waals surface area contributed by atoms with Gasteiger partial charge in [-0.1, -0.05) is 29.8 Å². The Morgan fingerprint density at radius 3 is 2.74 bits per heavy atom. The zero-order valence-corrected chi connectivity index (χ0v) is 16.0. The lowest BCUT2D eigenvalue weighted by Crippen LogP contribution is -2.24. The largest absolute Gasteiger partial charge is 0.489 e. The fourth-order valence-electron chi connectivity index (χ4n) is 2.83. The molecular formula is C20H15ClN2O3S. The molecule has 0 radical (unpaired) electrons. The summed E-state index contributed by atoms with van der Waals surface area (Å²) in [5, 5.41) is 0.774. The number of ether oxygens (including phenoxy) is 1. The summed E-state index contributed by atoms with van der Waals surface area (Å²) in [6.45, 7) is 0.366. The molecule has 2 amide bonds. The first-order chi connectivity index (χ1) is 13.0. The Kier molecular flexibility index (Phi) is 4.76. The summed E-state index contributed by atoms with van der Waals surface area (Å²) in [5.41, 5.74) is 2.39. The van der Waals surface area contributed by atoms with Crippen LogP contribution < -0.4 is 4.74 Å². The van der Waals surface area contributed by atoms with Gasteiger partial charge in [-0.2, -0.15) is 0 Å². The van der Waals surface area contributed by atoms with Crippen LogP contribution in [0.25, 0.3) is 10.9 Å². The van der Waals surface area contributed by atoms with Crippen molar-refractivity contribution in [3.63, 3.8) is 0 Å². The van der Waals surface area contributed by atoms with E-state index in [4.69, 9.17) is 16.3 Å². The second-order valence-electron chi connectivity index (χ2n) is 6.16. The number of imide groups is 1. The molecule has 0 spiro atoms. The molecule has 1 unspecified atom stereocenters. The number of carbonyl (C=O) groups is 2. The second-order valence-corrected chi connectivity index (χ2v) is 7.63. The van der Waals surface area contributed by atoms with E-state index in [1.807, 2.05) is 48.5 Å². The van der Waals surface area contributed by atoms with Crippen LogP contribution >= 0.6 is 23.4 Å². The number of benzene rings is 2. The average Bonchev–Trinajstić information content (AvgIpc) is 2.94. The highest BCUT2D eigenvalue weighted by molar-refractivity contribution is 8.14. The van der Waals surface area contributed by atoms with Crippen molar-refractivity contribution in [2.75, 3.05) is 7.05 Å². The molecule has 0 N–H and O–H groups in total. The van der Waals surface area contributed by atoms with Crippen molar-refractivity contribution in [1.29, 1.82) is 0 Å². The SMILES string of the molecule is CN1C(=O)SC(c2cnc3cc(OCc4ccccc4Cl)ccc3c2)C1=O. The number of halogens is 1. The van der Waals surface area contributed by atoms with Gasteiger partial charge in [0.15, 0.2) is 0 Å². The topological polar surface area (TPSA) is 59.5 Å². The highest BCUT2D eigenvalue weighted by atomic mass is 35.5. The van der Waals surface area contributed by atoms with Crippen LogP contribution in [0, 0.1) is 0 Å². The van der Waals surface area contributed by atoms with Gasteiger partial charge in [0.2, 0.25) is 5.91 Å². The molecule has 2 heterocycles. The maximum absolute atomic E-state index is 12.2. The molecule has 7 heteroatoms. The number of pyridine rings is 1. The highest BCUT2D eigenvalue weighted by Gasteiger charge is 2.38. The first-order valence-corrected chi connectivity index (χ1v) is 9.53. The summed E-state index contributed by atoms with van der Waals surface area (Å²) in [6, 6.07) is 15.0. The number of aromatic nitrogens is 1. The Hall–Kier alpha value is -2.57. The minimum atomic E-state index is -0.532. The second kappa shape index (κ2) is 7.21. The Balaban J connectivity index is 1.55. The predicted molar refractivity (Wildman–Crippen MR) is 106 cm³/mol. The van der Waals surface area contributed by atoms with Crippen molar-refractivity contribution in [2.24, 2.45) is 0 Å². The van der Waals surface area contributed by atoms with E-state index < -0.39 is 5.25 Å². The third kappa shape index (κ3) is 3.50. The van der Waals surface area contributed by atoms with Crippen molar-refractivity contribution >= 4 is 45.4 Å². The molecule has 2 aromatic carbocycles.